The van der Waals surface area contributed by atoms with Gasteiger partial charge >= 0.3 is 0 Å². The van der Waals surface area contributed by atoms with Crippen molar-refractivity contribution in [1.82, 2.24) is 14.7 Å². The first-order chi connectivity index (χ1) is 16.4. The Bertz CT molecular complexity index is 1400. The average molecular weight is 496 g/mol. The largest absolute Gasteiger partial charge is 0.507 e. The standard InChI is InChI=1S/C25H29N5O4S/c1-15-8-9-17(20(31)14-15)19-11-10-18(23(27-19)30-13-12-16(2)25(30,3)4)24(32)29-35(33,34)22-7-5-6-21(26)28-22/h5-11,14,16,31H,12-13H2,1-4H3,(H2,26,28)(H,29,32). The highest BCUT2D eigenvalue weighted by atomic mass is 32.2. The van der Waals surface area contributed by atoms with Crippen LogP contribution in [0.1, 0.15) is 43.1 Å². The van der Waals surface area contributed by atoms with Crippen LogP contribution >= 0.6 is 0 Å². The van der Waals surface area contributed by atoms with Crippen molar-refractivity contribution < 1.29 is 18.3 Å². The highest BCUT2D eigenvalue weighted by Crippen LogP contribution is 2.40. The van der Waals surface area contributed by atoms with Crippen LogP contribution in [0.4, 0.5) is 11.6 Å². The summed E-state index contributed by atoms with van der Waals surface area (Å²) < 4.78 is 27.8. The Balaban J connectivity index is 1.79. The van der Waals surface area contributed by atoms with E-state index in [2.05, 4.69) is 30.5 Å². The quantitative estimate of drug-likeness (QED) is 0.489. The molecule has 4 rings (SSSR count). The Morgan fingerprint density at radius 3 is 2.54 bits per heavy atom. The zero-order valence-electron chi connectivity index (χ0n) is 20.1. The molecule has 1 aliphatic rings. The molecule has 1 fully saturated rings. The molecule has 0 aliphatic carbocycles. The number of aromatic nitrogens is 2. The normalized spacial score (nSPS) is 17.4. The van der Waals surface area contributed by atoms with Gasteiger partial charge in [0, 0.05) is 17.6 Å². The van der Waals surface area contributed by atoms with Gasteiger partial charge in [-0.25, -0.2) is 14.7 Å². The molecule has 2 aromatic heterocycles. The minimum atomic E-state index is -4.26. The van der Waals surface area contributed by atoms with Gasteiger partial charge in [0.05, 0.1) is 11.3 Å². The van der Waals surface area contributed by atoms with E-state index in [1.165, 1.54) is 24.3 Å². The van der Waals surface area contributed by atoms with Crippen LogP contribution in [0.3, 0.4) is 0 Å². The van der Waals surface area contributed by atoms with Gasteiger partial charge in [-0.3, -0.25) is 4.79 Å². The fourth-order valence-electron chi connectivity index (χ4n) is 4.26. The van der Waals surface area contributed by atoms with Crippen molar-refractivity contribution in [3.63, 3.8) is 0 Å². The third-order valence-electron chi connectivity index (χ3n) is 6.74. The number of benzene rings is 1. The van der Waals surface area contributed by atoms with Crippen LogP contribution in [-0.2, 0) is 10.0 Å². The first kappa shape index (κ1) is 24.5. The van der Waals surface area contributed by atoms with Gasteiger partial charge in [-0.1, -0.05) is 19.1 Å². The van der Waals surface area contributed by atoms with E-state index in [0.717, 1.165) is 12.0 Å². The van der Waals surface area contributed by atoms with Crippen LogP contribution in [0.2, 0.25) is 0 Å². The smallest absolute Gasteiger partial charge is 0.281 e. The van der Waals surface area contributed by atoms with Crippen LogP contribution in [0.25, 0.3) is 11.3 Å². The molecule has 35 heavy (non-hydrogen) atoms. The summed E-state index contributed by atoms with van der Waals surface area (Å²) in [7, 11) is -4.26. The second kappa shape index (κ2) is 8.84. The molecule has 0 saturated carbocycles. The van der Waals surface area contributed by atoms with E-state index in [9.17, 15) is 18.3 Å². The third-order valence-corrected chi connectivity index (χ3v) is 7.97. The number of aromatic hydroxyl groups is 1. The Kier molecular flexibility index (Phi) is 6.18. The number of rotatable bonds is 5. The highest BCUT2D eigenvalue weighted by molar-refractivity contribution is 7.90. The monoisotopic (exact) mass is 495 g/mol. The van der Waals surface area contributed by atoms with E-state index >= 15 is 0 Å². The van der Waals surface area contributed by atoms with E-state index in [4.69, 9.17) is 10.7 Å². The van der Waals surface area contributed by atoms with Gasteiger partial charge in [-0.05, 0) is 75.1 Å². The minimum absolute atomic E-state index is 0.0257. The number of anilines is 2. The lowest BCUT2D eigenvalue weighted by molar-refractivity contribution is 0.0981. The summed E-state index contributed by atoms with van der Waals surface area (Å²) in [4.78, 5) is 23.9. The fraction of sp³-hybridized carbons (Fsp3) is 0.320. The molecule has 1 saturated heterocycles. The molecule has 3 heterocycles. The molecular weight excluding hydrogens is 466 g/mol. The minimum Gasteiger partial charge on any atom is -0.507 e. The number of pyridine rings is 2. The van der Waals surface area contributed by atoms with Crippen molar-refractivity contribution in [1.29, 1.82) is 0 Å². The van der Waals surface area contributed by atoms with Gasteiger partial charge in [-0.15, -0.1) is 0 Å². The van der Waals surface area contributed by atoms with E-state index in [1.807, 2.05) is 17.9 Å². The number of nitrogens with one attached hydrogen (secondary N) is 1. The predicted octanol–water partition coefficient (Wildman–Crippen LogP) is 3.48. The molecule has 1 atom stereocenters. The zero-order chi connectivity index (χ0) is 25.5. The topological polar surface area (TPSA) is 139 Å². The first-order valence-electron chi connectivity index (χ1n) is 11.3. The number of sulfonamides is 1. The average Bonchev–Trinajstić information content (AvgIpc) is 3.05. The van der Waals surface area contributed by atoms with E-state index in [1.54, 1.807) is 18.2 Å². The van der Waals surface area contributed by atoms with Gasteiger partial charge < -0.3 is 15.7 Å². The Morgan fingerprint density at radius 1 is 1.17 bits per heavy atom. The van der Waals surface area contributed by atoms with E-state index < -0.39 is 15.9 Å². The van der Waals surface area contributed by atoms with E-state index in [0.29, 0.717) is 29.5 Å². The molecule has 4 N–H and O–H groups in total. The molecule has 3 aromatic rings. The van der Waals surface area contributed by atoms with Gasteiger partial charge in [0.15, 0.2) is 5.03 Å². The summed E-state index contributed by atoms with van der Waals surface area (Å²) in [6, 6.07) is 12.6. The Hall–Kier alpha value is -3.66. The SMILES string of the molecule is Cc1ccc(-c2ccc(C(=O)NS(=O)(=O)c3cccc(N)n3)c(N3CCC(C)C3(C)C)n2)c(O)c1. The molecule has 0 bridgehead atoms. The number of amides is 1. The first-order valence-corrected chi connectivity index (χ1v) is 12.8. The molecule has 0 spiro atoms. The molecule has 1 aromatic carbocycles. The molecular formula is C25H29N5O4S. The summed E-state index contributed by atoms with van der Waals surface area (Å²) >= 11 is 0. The van der Waals surface area contributed by atoms with Crippen LogP contribution in [0.5, 0.6) is 5.75 Å². The number of aryl methyl sites for hydroxylation is 1. The van der Waals surface area contributed by atoms with E-state index in [-0.39, 0.29) is 27.7 Å². The summed E-state index contributed by atoms with van der Waals surface area (Å²) in [5, 5.41) is 10.1. The maximum absolute atomic E-state index is 13.3. The van der Waals surface area contributed by atoms with Crippen LogP contribution in [0.15, 0.2) is 53.6 Å². The number of nitrogens with zero attached hydrogens (tertiary/aromatic N) is 3. The highest BCUT2D eigenvalue weighted by Gasteiger charge is 2.41. The number of carbonyl (C=O) groups excluding carboxylic acids is 1. The molecule has 1 aliphatic heterocycles. The third kappa shape index (κ3) is 4.66. The van der Waals surface area contributed by atoms with Crippen LogP contribution < -0.4 is 15.4 Å². The van der Waals surface area contributed by atoms with Gasteiger partial charge in [0.2, 0.25) is 0 Å². The fourth-order valence-corrected chi connectivity index (χ4v) is 5.20. The van der Waals surface area contributed by atoms with Crippen molar-refractivity contribution in [2.24, 2.45) is 5.92 Å². The maximum atomic E-state index is 13.3. The lowest BCUT2D eigenvalue weighted by Crippen LogP contribution is -2.43. The number of nitrogen functional groups attached to an aromatic ring is 1. The maximum Gasteiger partial charge on any atom is 0.281 e. The van der Waals surface area contributed by atoms with Crippen molar-refractivity contribution in [2.75, 3.05) is 17.2 Å². The molecule has 10 heteroatoms. The van der Waals surface area contributed by atoms with Crippen molar-refractivity contribution in [3.8, 4) is 17.0 Å². The van der Waals surface area contributed by atoms with Crippen molar-refractivity contribution in [2.45, 2.75) is 44.7 Å². The number of hydrogen-bond donors (Lipinski definition) is 3. The number of phenols is 1. The molecule has 184 valence electrons. The lowest BCUT2D eigenvalue weighted by Gasteiger charge is -2.36. The Morgan fingerprint density at radius 2 is 1.91 bits per heavy atom. The second-order valence-corrected chi connectivity index (χ2v) is 11.0. The van der Waals surface area contributed by atoms with Crippen molar-refractivity contribution >= 4 is 27.6 Å². The van der Waals surface area contributed by atoms with Crippen molar-refractivity contribution in [3.05, 3.63) is 59.7 Å². The molecule has 1 amide bonds. The molecule has 9 nitrogen and oxygen atoms in total. The summed E-state index contributed by atoms with van der Waals surface area (Å²) in [5.41, 5.74) is 7.29. The summed E-state index contributed by atoms with van der Waals surface area (Å²) in [6.07, 6.45) is 0.890. The zero-order valence-corrected chi connectivity index (χ0v) is 20.9. The number of carbonyl (C=O) groups is 1. The number of hydrogen-bond acceptors (Lipinski definition) is 8. The number of nitrogens with two attached hydrogens (primary N) is 1. The molecule has 1 unspecified atom stereocenters. The van der Waals surface area contributed by atoms with Gasteiger partial charge in [0.1, 0.15) is 17.4 Å². The second-order valence-electron chi connectivity index (χ2n) is 9.42. The lowest BCUT2D eigenvalue weighted by atomic mass is 9.90. The van der Waals surface area contributed by atoms with Crippen LogP contribution in [0, 0.1) is 12.8 Å². The van der Waals surface area contributed by atoms with Gasteiger partial charge in [0.25, 0.3) is 15.9 Å². The Labute approximate surface area is 205 Å². The summed E-state index contributed by atoms with van der Waals surface area (Å²) in [5.74, 6) is -0.0588. The van der Waals surface area contributed by atoms with Gasteiger partial charge in [-0.2, -0.15) is 8.42 Å². The molecule has 0 radical (unpaired) electrons. The van der Waals surface area contributed by atoms with Crippen LogP contribution in [-0.4, -0.2) is 41.5 Å². The predicted molar refractivity (Wildman–Crippen MR) is 135 cm³/mol. The number of phenolic OH excluding ortho intramolecular Hbond substituents is 1. The summed E-state index contributed by atoms with van der Waals surface area (Å²) in [6.45, 7) is 8.79.